The van der Waals surface area contributed by atoms with Crippen molar-refractivity contribution in [3.63, 3.8) is 0 Å². The average molecular weight is 591 g/mol. The Hall–Kier alpha value is -2.07. The van der Waals surface area contributed by atoms with Crippen molar-refractivity contribution >= 4 is 17.7 Å². The molecule has 4 rings (SSSR count). The number of aliphatic hydroxyl groups is 3. The predicted molar refractivity (Wildman–Crippen MR) is 157 cm³/mol. The summed E-state index contributed by atoms with van der Waals surface area (Å²) in [7, 11) is 6.53. The molecular weight excluding hydrogens is 538 g/mol. The van der Waals surface area contributed by atoms with Crippen LogP contribution >= 0.6 is 0 Å². The highest BCUT2D eigenvalue weighted by Gasteiger charge is 2.87. The summed E-state index contributed by atoms with van der Waals surface area (Å²) in [6.45, 7) is 9.27. The summed E-state index contributed by atoms with van der Waals surface area (Å²) in [6.07, 6.45) is 7.33. The zero-order valence-electron chi connectivity index (χ0n) is 26.7. The van der Waals surface area contributed by atoms with Crippen molar-refractivity contribution in [1.82, 2.24) is 0 Å². The first kappa shape index (κ1) is 32.8. The van der Waals surface area contributed by atoms with Crippen molar-refractivity contribution in [2.75, 3.05) is 34.3 Å². The smallest absolute Gasteiger partial charge is 0.306 e. The molecule has 0 bridgehead atoms. The first-order chi connectivity index (χ1) is 19.4. The molecule has 0 aliphatic heterocycles. The molecule has 0 unspecified atom stereocenters. The number of carbonyl (C=O) groups is 3. The first-order valence-electron chi connectivity index (χ1n) is 15.6. The standard InChI is InChI=1S/C33H52NO8/c1-20-16-25-31(39,28(20)38)18-23(19-35)17-24-27-30(4,5)33(27,42-22(3)36)29(21(2)32(24,25)40)41-26(37)14-12-10-9-11-13-15-34(6,7)8/h16-17,21,24-25,27,29,35,39-40H,9-15,18-19H2,1-8H3/q+1/t21-,24+,25-,27-,29-,31-,32-,33-/m1/s1. The van der Waals surface area contributed by atoms with Gasteiger partial charge in [-0.2, -0.15) is 0 Å². The van der Waals surface area contributed by atoms with Crippen molar-refractivity contribution < 1.29 is 43.7 Å². The fourth-order valence-corrected chi connectivity index (χ4v) is 8.65. The van der Waals surface area contributed by atoms with E-state index in [0.717, 1.165) is 36.7 Å². The van der Waals surface area contributed by atoms with Crippen molar-refractivity contribution in [2.45, 2.75) is 102 Å². The van der Waals surface area contributed by atoms with Gasteiger partial charge in [-0.25, -0.2) is 0 Å². The van der Waals surface area contributed by atoms with Crippen LogP contribution in [0.4, 0.5) is 0 Å². The Kier molecular flexibility index (Phi) is 8.70. The molecule has 0 radical (unpaired) electrons. The maximum atomic E-state index is 13.3. The third-order valence-electron chi connectivity index (χ3n) is 10.7. The third kappa shape index (κ3) is 5.18. The number of esters is 2. The number of nitrogens with zero attached hydrogens (tertiary/aromatic N) is 1. The summed E-state index contributed by atoms with van der Waals surface area (Å²) in [6, 6.07) is 0. The highest BCUT2D eigenvalue weighted by Crippen LogP contribution is 2.77. The van der Waals surface area contributed by atoms with Gasteiger partial charge in [0.2, 0.25) is 0 Å². The lowest BCUT2D eigenvalue weighted by Gasteiger charge is -2.53. The van der Waals surface area contributed by atoms with E-state index in [0.29, 0.717) is 17.6 Å². The SMILES string of the molecule is CC(=O)O[C@@]12[C@H](OC(=O)CCCCCCC[N+](C)(C)C)[C@@H](C)[C@@]3(O)[C@@H](C=C(CO)C[C@]4(O)C(=O)C(C)=C[C@@H]34)[C@@H]1C2(C)C. The van der Waals surface area contributed by atoms with E-state index in [-0.39, 0.29) is 19.4 Å². The van der Waals surface area contributed by atoms with Gasteiger partial charge in [0.05, 0.1) is 39.9 Å². The van der Waals surface area contributed by atoms with E-state index in [1.54, 1.807) is 26.0 Å². The molecule has 0 aromatic heterocycles. The van der Waals surface area contributed by atoms with Crippen LogP contribution in [-0.2, 0) is 23.9 Å². The lowest BCUT2D eigenvalue weighted by Crippen LogP contribution is -2.66. The second-order valence-electron chi connectivity index (χ2n) is 15.0. The molecule has 0 saturated heterocycles. The Morgan fingerprint density at radius 2 is 1.67 bits per heavy atom. The van der Waals surface area contributed by atoms with E-state index in [9.17, 15) is 29.7 Å². The minimum absolute atomic E-state index is 0.112. The van der Waals surface area contributed by atoms with Crippen LogP contribution in [0.2, 0.25) is 0 Å². The van der Waals surface area contributed by atoms with E-state index >= 15 is 0 Å². The number of aliphatic hydroxyl groups excluding tert-OH is 1. The fraction of sp³-hybridized carbons (Fsp3) is 0.788. The van der Waals surface area contributed by atoms with Crippen LogP contribution in [-0.4, -0.2) is 94.7 Å². The van der Waals surface area contributed by atoms with Crippen LogP contribution in [0.15, 0.2) is 23.3 Å². The molecule has 0 aromatic carbocycles. The largest absolute Gasteiger partial charge is 0.458 e. The number of ether oxygens (including phenoxy) is 2. The van der Waals surface area contributed by atoms with Crippen LogP contribution in [0.25, 0.3) is 0 Å². The van der Waals surface area contributed by atoms with Gasteiger partial charge in [0.1, 0.15) is 11.7 Å². The van der Waals surface area contributed by atoms with Crippen LogP contribution in [0.3, 0.4) is 0 Å². The van der Waals surface area contributed by atoms with E-state index in [1.807, 2.05) is 13.8 Å². The second kappa shape index (κ2) is 11.1. The molecule has 236 valence electrons. The number of carbonyl (C=O) groups excluding carboxylic acids is 3. The summed E-state index contributed by atoms with van der Waals surface area (Å²) >= 11 is 0. The maximum absolute atomic E-state index is 13.3. The van der Waals surface area contributed by atoms with Gasteiger partial charge < -0.3 is 29.3 Å². The topological polar surface area (TPSA) is 130 Å². The number of hydrogen-bond donors (Lipinski definition) is 3. The molecular formula is C33H52NO8+. The van der Waals surface area contributed by atoms with Crippen LogP contribution in [0.1, 0.15) is 79.6 Å². The molecule has 0 heterocycles. The number of rotatable bonds is 11. The molecule has 4 aliphatic rings. The van der Waals surface area contributed by atoms with Crippen molar-refractivity contribution in [1.29, 1.82) is 0 Å². The summed E-state index contributed by atoms with van der Waals surface area (Å²) in [5, 5.41) is 34.7. The number of hydrogen-bond acceptors (Lipinski definition) is 8. The van der Waals surface area contributed by atoms with E-state index in [4.69, 9.17) is 9.47 Å². The van der Waals surface area contributed by atoms with E-state index < -0.39 is 69.7 Å². The van der Waals surface area contributed by atoms with E-state index in [1.165, 1.54) is 6.92 Å². The molecule has 3 N–H and O–H groups in total. The average Bonchev–Trinajstić information content (AvgIpc) is 3.30. The zero-order valence-corrected chi connectivity index (χ0v) is 26.7. The lowest BCUT2D eigenvalue weighted by molar-refractivity contribution is -0.870. The maximum Gasteiger partial charge on any atom is 0.306 e. The van der Waals surface area contributed by atoms with Gasteiger partial charge >= 0.3 is 11.9 Å². The molecule has 0 amide bonds. The monoisotopic (exact) mass is 590 g/mol. The van der Waals surface area contributed by atoms with Gasteiger partial charge in [0, 0.05) is 48.9 Å². The van der Waals surface area contributed by atoms with E-state index in [2.05, 4.69) is 21.1 Å². The number of ketones is 1. The first-order valence-corrected chi connectivity index (χ1v) is 15.6. The quantitative estimate of drug-likeness (QED) is 0.145. The van der Waals surface area contributed by atoms with Crippen LogP contribution < -0.4 is 0 Å². The van der Waals surface area contributed by atoms with Gasteiger partial charge in [-0.15, -0.1) is 0 Å². The van der Waals surface area contributed by atoms with Crippen molar-refractivity contribution in [3.8, 4) is 0 Å². The molecule has 0 aromatic rings. The van der Waals surface area contributed by atoms with Crippen molar-refractivity contribution in [3.05, 3.63) is 23.3 Å². The third-order valence-corrected chi connectivity index (χ3v) is 10.7. The summed E-state index contributed by atoms with van der Waals surface area (Å²) in [4.78, 5) is 39.1. The predicted octanol–water partition coefficient (Wildman–Crippen LogP) is 3.10. The molecule has 8 atom stereocenters. The highest BCUT2D eigenvalue weighted by atomic mass is 16.6. The van der Waals surface area contributed by atoms with Gasteiger partial charge in [-0.1, -0.05) is 45.8 Å². The number of unbranched alkanes of at least 4 members (excludes halogenated alkanes) is 4. The molecule has 2 saturated carbocycles. The Morgan fingerprint density at radius 3 is 2.26 bits per heavy atom. The van der Waals surface area contributed by atoms with Crippen molar-refractivity contribution in [2.24, 2.45) is 29.1 Å². The van der Waals surface area contributed by atoms with Gasteiger partial charge in [-0.05, 0) is 37.3 Å². The molecule has 42 heavy (non-hydrogen) atoms. The minimum atomic E-state index is -1.93. The van der Waals surface area contributed by atoms with Gasteiger partial charge in [0.15, 0.2) is 11.4 Å². The summed E-state index contributed by atoms with van der Waals surface area (Å²) in [5.41, 5.74) is -4.74. The summed E-state index contributed by atoms with van der Waals surface area (Å²) in [5.74, 6) is -4.34. The Balaban J connectivity index is 1.62. The van der Waals surface area contributed by atoms with Gasteiger partial charge in [0.25, 0.3) is 0 Å². The highest BCUT2D eigenvalue weighted by molar-refractivity contribution is 6.04. The van der Waals surface area contributed by atoms with Crippen LogP contribution in [0, 0.1) is 29.1 Å². The number of quaternary nitrogens is 1. The van der Waals surface area contributed by atoms with Gasteiger partial charge in [-0.3, -0.25) is 14.4 Å². The van der Waals surface area contributed by atoms with Crippen LogP contribution in [0.5, 0.6) is 0 Å². The normalized spacial score (nSPS) is 38.4. The number of Topliss-reactive ketones (excluding diaryl/α,β-unsaturated/α-hetero) is 1. The molecule has 0 spiro atoms. The molecule has 9 heteroatoms. The zero-order chi connectivity index (χ0) is 31.5. The molecule has 4 aliphatic carbocycles. The lowest BCUT2D eigenvalue weighted by atomic mass is 9.59. The second-order valence-corrected chi connectivity index (χ2v) is 15.0. The Labute approximate surface area is 250 Å². The Morgan fingerprint density at radius 1 is 1.05 bits per heavy atom. The summed E-state index contributed by atoms with van der Waals surface area (Å²) < 4.78 is 13.2. The fourth-order valence-electron chi connectivity index (χ4n) is 8.65. The Bertz CT molecular complexity index is 1170. The molecule has 9 nitrogen and oxygen atoms in total. The molecule has 2 fully saturated rings. The minimum Gasteiger partial charge on any atom is -0.458 e. The number of fused-ring (bicyclic) bond motifs is 5.